The second kappa shape index (κ2) is 6.28. The smallest absolute Gasteiger partial charge is 0.292 e. The molecule has 1 N–H and O–H groups in total. The molecule has 0 spiro atoms. The number of halogens is 2. The predicted octanol–water partition coefficient (Wildman–Crippen LogP) is 3.07. The van der Waals surface area contributed by atoms with Crippen molar-refractivity contribution < 1.29 is 9.59 Å². The molecule has 1 aromatic heterocycles. The Morgan fingerprint density at radius 2 is 2.00 bits per heavy atom. The van der Waals surface area contributed by atoms with Gasteiger partial charge in [-0.15, -0.1) is 0 Å². The van der Waals surface area contributed by atoms with Gasteiger partial charge in [-0.25, -0.2) is 0 Å². The van der Waals surface area contributed by atoms with E-state index in [0.29, 0.717) is 22.4 Å². The van der Waals surface area contributed by atoms with Gasteiger partial charge in [-0.2, -0.15) is 5.10 Å². The number of ketones is 1. The van der Waals surface area contributed by atoms with Crippen LogP contribution in [0.2, 0.25) is 10.0 Å². The van der Waals surface area contributed by atoms with Crippen molar-refractivity contribution in [3.63, 3.8) is 0 Å². The number of amides is 1. The van der Waals surface area contributed by atoms with E-state index in [9.17, 15) is 9.59 Å². The van der Waals surface area contributed by atoms with Gasteiger partial charge in [0.15, 0.2) is 5.82 Å². The molecule has 0 radical (unpaired) electrons. The van der Waals surface area contributed by atoms with Crippen LogP contribution in [0.3, 0.4) is 0 Å². The number of anilines is 1. The number of nitrogens with zero attached hydrogens (tertiary/aromatic N) is 2. The van der Waals surface area contributed by atoms with E-state index in [1.807, 2.05) is 13.0 Å². The fraction of sp³-hybridized carbons (Fsp3) is 0.214. The molecular formula is C14H13Cl2N3O2. The van der Waals surface area contributed by atoms with Gasteiger partial charge in [-0.3, -0.25) is 14.3 Å². The highest BCUT2D eigenvalue weighted by Crippen LogP contribution is 2.22. The van der Waals surface area contributed by atoms with Crippen LogP contribution in [0.5, 0.6) is 0 Å². The second-order valence-electron chi connectivity index (χ2n) is 4.57. The number of hydrogen-bond acceptors (Lipinski definition) is 3. The minimum Gasteiger partial charge on any atom is -0.303 e. The van der Waals surface area contributed by atoms with E-state index in [1.54, 1.807) is 22.9 Å². The average Bonchev–Trinajstić information content (AvgIpc) is 2.73. The summed E-state index contributed by atoms with van der Waals surface area (Å²) in [7, 11) is 0. The molecule has 1 heterocycles. The minimum atomic E-state index is -0.691. The van der Waals surface area contributed by atoms with Crippen LogP contribution in [0, 0.1) is 6.92 Å². The summed E-state index contributed by atoms with van der Waals surface area (Å²) in [5.41, 5.74) is 1.69. The Kier molecular flexibility index (Phi) is 4.65. The fourth-order valence-corrected chi connectivity index (χ4v) is 2.22. The largest absolute Gasteiger partial charge is 0.303 e. The number of benzene rings is 1. The third kappa shape index (κ3) is 3.83. The fourth-order valence-electron chi connectivity index (χ4n) is 1.75. The lowest BCUT2D eigenvalue weighted by Crippen LogP contribution is -2.20. The quantitative estimate of drug-likeness (QED) is 0.878. The van der Waals surface area contributed by atoms with Crippen LogP contribution < -0.4 is 5.32 Å². The zero-order chi connectivity index (χ0) is 15.6. The van der Waals surface area contributed by atoms with E-state index in [2.05, 4.69) is 10.4 Å². The molecule has 1 amide bonds. The van der Waals surface area contributed by atoms with E-state index in [1.165, 1.54) is 6.92 Å². The highest BCUT2D eigenvalue weighted by atomic mass is 35.5. The lowest BCUT2D eigenvalue weighted by atomic mass is 10.2. The maximum atomic E-state index is 11.3. The van der Waals surface area contributed by atoms with Crippen molar-refractivity contribution in [2.45, 2.75) is 20.4 Å². The molecule has 2 rings (SSSR count). The van der Waals surface area contributed by atoms with E-state index in [-0.39, 0.29) is 0 Å². The summed E-state index contributed by atoms with van der Waals surface area (Å²) in [4.78, 5) is 22.3. The molecular weight excluding hydrogens is 313 g/mol. The third-order valence-corrected chi connectivity index (χ3v) is 3.46. The molecule has 110 valence electrons. The molecule has 0 saturated heterocycles. The van der Waals surface area contributed by atoms with Crippen molar-refractivity contribution in [1.29, 1.82) is 0 Å². The maximum Gasteiger partial charge on any atom is 0.292 e. The summed E-state index contributed by atoms with van der Waals surface area (Å²) in [6.45, 7) is 3.49. The van der Waals surface area contributed by atoms with Crippen molar-refractivity contribution >= 4 is 40.7 Å². The van der Waals surface area contributed by atoms with Crippen LogP contribution in [0.25, 0.3) is 0 Å². The average molecular weight is 326 g/mol. The van der Waals surface area contributed by atoms with Crippen molar-refractivity contribution in [2.24, 2.45) is 0 Å². The Hall–Kier alpha value is -1.85. The number of aryl methyl sites for hydroxylation is 1. The first-order valence-electron chi connectivity index (χ1n) is 6.17. The number of carbonyl (C=O) groups excluding carboxylic acids is 2. The highest BCUT2D eigenvalue weighted by Gasteiger charge is 2.12. The van der Waals surface area contributed by atoms with Crippen LogP contribution in [0.15, 0.2) is 24.3 Å². The first-order valence-corrected chi connectivity index (χ1v) is 6.92. The third-order valence-electron chi connectivity index (χ3n) is 2.88. The van der Waals surface area contributed by atoms with Gasteiger partial charge < -0.3 is 5.32 Å². The van der Waals surface area contributed by atoms with E-state index >= 15 is 0 Å². The molecule has 0 aliphatic rings. The molecule has 5 nitrogen and oxygen atoms in total. The standard InChI is InChI=1S/C14H13Cl2N3O2/c1-8-5-13(17-14(21)9(2)20)18-19(8)7-10-3-4-11(15)6-12(10)16/h3-6H,7H2,1-2H3,(H,17,18,21). The molecule has 1 aromatic carbocycles. The normalized spacial score (nSPS) is 10.5. The highest BCUT2D eigenvalue weighted by molar-refractivity contribution is 6.39. The number of aromatic nitrogens is 2. The van der Waals surface area contributed by atoms with Crippen LogP contribution in [0.1, 0.15) is 18.2 Å². The van der Waals surface area contributed by atoms with Gasteiger partial charge in [0.2, 0.25) is 5.78 Å². The van der Waals surface area contributed by atoms with Crippen LogP contribution >= 0.6 is 23.2 Å². The van der Waals surface area contributed by atoms with Gasteiger partial charge in [0.05, 0.1) is 6.54 Å². The summed E-state index contributed by atoms with van der Waals surface area (Å²) < 4.78 is 1.69. The van der Waals surface area contributed by atoms with Gasteiger partial charge >= 0.3 is 0 Å². The number of hydrogen-bond donors (Lipinski definition) is 1. The Balaban J connectivity index is 2.19. The molecule has 0 aliphatic heterocycles. The minimum absolute atomic E-state index is 0.331. The van der Waals surface area contributed by atoms with E-state index < -0.39 is 11.7 Å². The lowest BCUT2D eigenvalue weighted by molar-refractivity contribution is -0.133. The summed E-state index contributed by atoms with van der Waals surface area (Å²) in [5.74, 6) is -0.926. The number of rotatable bonds is 4. The van der Waals surface area contributed by atoms with Crippen LogP contribution in [0.4, 0.5) is 5.82 Å². The zero-order valence-corrected chi connectivity index (χ0v) is 13.0. The zero-order valence-electron chi connectivity index (χ0n) is 11.5. The van der Waals surface area contributed by atoms with E-state index in [0.717, 1.165) is 11.3 Å². The predicted molar refractivity (Wildman–Crippen MR) is 81.8 cm³/mol. The van der Waals surface area contributed by atoms with Gasteiger partial charge in [0, 0.05) is 28.7 Å². The monoisotopic (exact) mass is 325 g/mol. The number of carbonyl (C=O) groups is 2. The Morgan fingerprint density at radius 1 is 1.29 bits per heavy atom. The Morgan fingerprint density at radius 3 is 2.62 bits per heavy atom. The molecule has 2 aromatic rings. The molecule has 0 bridgehead atoms. The van der Waals surface area contributed by atoms with E-state index in [4.69, 9.17) is 23.2 Å². The maximum absolute atomic E-state index is 11.3. The Labute approximate surface area is 131 Å². The SMILES string of the molecule is CC(=O)C(=O)Nc1cc(C)n(Cc2ccc(Cl)cc2Cl)n1. The second-order valence-corrected chi connectivity index (χ2v) is 5.42. The topological polar surface area (TPSA) is 64.0 Å². The number of nitrogens with one attached hydrogen (secondary N) is 1. The lowest BCUT2D eigenvalue weighted by Gasteiger charge is -2.07. The van der Waals surface area contributed by atoms with Gasteiger partial charge in [-0.05, 0) is 24.6 Å². The molecule has 21 heavy (non-hydrogen) atoms. The summed E-state index contributed by atoms with van der Waals surface area (Å²) in [6.07, 6.45) is 0. The molecule has 7 heteroatoms. The molecule has 0 atom stereocenters. The van der Waals surface area contributed by atoms with Crippen LogP contribution in [-0.4, -0.2) is 21.5 Å². The summed E-state index contributed by atoms with van der Waals surface area (Å²) in [6, 6.07) is 6.92. The van der Waals surface area contributed by atoms with Crippen LogP contribution in [-0.2, 0) is 16.1 Å². The first kappa shape index (κ1) is 15.5. The van der Waals surface area contributed by atoms with Crippen molar-refractivity contribution in [2.75, 3.05) is 5.32 Å². The molecule has 0 aliphatic carbocycles. The first-order chi connectivity index (χ1) is 9.86. The van der Waals surface area contributed by atoms with Gasteiger partial charge in [0.25, 0.3) is 5.91 Å². The van der Waals surface area contributed by atoms with Gasteiger partial charge in [0.1, 0.15) is 0 Å². The number of Topliss-reactive ketones (excluding diaryl/α,β-unsaturated/α-hetero) is 1. The summed E-state index contributed by atoms with van der Waals surface area (Å²) in [5, 5.41) is 7.78. The van der Waals surface area contributed by atoms with Crippen molar-refractivity contribution in [3.8, 4) is 0 Å². The molecule has 0 fully saturated rings. The molecule has 0 unspecified atom stereocenters. The summed E-state index contributed by atoms with van der Waals surface area (Å²) >= 11 is 12.0. The van der Waals surface area contributed by atoms with Crippen molar-refractivity contribution in [3.05, 3.63) is 45.6 Å². The molecule has 0 saturated carbocycles. The van der Waals surface area contributed by atoms with Crippen molar-refractivity contribution in [1.82, 2.24) is 9.78 Å². The Bertz CT molecular complexity index is 710. The van der Waals surface area contributed by atoms with Gasteiger partial charge in [-0.1, -0.05) is 29.3 Å².